The molecule has 39 heavy (non-hydrogen) atoms. The molecule has 12 heteroatoms. The van der Waals surface area contributed by atoms with Crippen LogP contribution in [0.2, 0.25) is 0 Å². The summed E-state index contributed by atoms with van der Waals surface area (Å²) in [6, 6.07) is 10.1. The van der Waals surface area contributed by atoms with Crippen LogP contribution in [-0.4, -0.2) is 80.8 Å². The second-order valence-corrected chi connectivity index (χ2v) is 9.64. The van der Waals surface area contributed by atoms with Crippen LogP contribution in [0, 0.1) is 0 Å². The van der Waals surface area contributed by atoms with Gasteiger partial charge in [-0.05, 0) is 56.3 Å². The fourth-order valence-corrected chi connectivity index (χ4v) is 4.91. The Hall–Kier alpha value is -2.67. The highest BCUT2D eigenvalue weighted by Gasteiger charge is 2.37. The average Bonchev–Trinajstić information content (AvgIpc) is 3.14. The van der Waals surface area contributed by atoms with Crippen molar-refractivity contribution in [1.29, 1.82) is 0 Å². The van der Waals surface area contributed by atoms with Gasteiger partial charge in [-0.25, -0.2) is 0 Å². The van der Waals surface area contributed by atoms with E-state index in [0.29, 0.717) is 31.8 Å². The number of alkyl halides is 6. The number of nitrogens with one attached hydrogen (secondary N) is 2. The van der Waals surface area contributed by atoms with Gasteiger partial charge < -0.3 is 4.90 Å². The molecule has 1 amide bonds. The highest BCUT2D eigenvalue weighted by atomic mass is 19.4. The van der Waals surface area contributed by atoms with Gasteiger partial charge in [0, 0.05) is 39.8 Å². The molecule has 1 fully saturated rings. The van der Waals surface area contributed by atoms with Gasteiger partial charge in [0.2, 0.25) is 5.91 Å². The minimum Gasteiger partial charge on any atom is -0.344 e. The molecule has 1 unspecified atom stereocenters. The first kappa shape index (κ1) is 30.9. The molecular weight excluding hydrogens is 524 g/mol. The summed E-state index contributed by atoms with van der Waals surface area (Å²) in [6.07, 6.45) is -9.21. The molecule has 2 N–H and O–H groups in total. The average molecular weight is 560 g/mol. The van der Waals surface area contributed by atoms with Crippen LogP contribution < -0.4 is 10.6 Å². The first-order valence-electron chi connectivity index (χ1n) is 12.8. The minimum absolute atomic E-state index is 0.0208. The Bertz CT molecular complexity index is 1040. The highest BCUT2D eigenvalue weighted by molar-refractivity contribution is 5.83. The van der Waals surface area contributed by atoms with Gasteiger partial charge in [0.05, 0.1) is 11.1 Å². The van der Waals surface area contributed by atoms with E-state index in [4.69, 9.17) is 0 Å². The van der Waals surface area contributed by atoms with Crippen molar-refractivity contribution in [1.82, 2.24) is 25.3 Å². The number of halogens is 6. The molecular formula is C27H35F6N5O. The summed E-state index contributed by atoms with van der Waals surface area (Å²) in [5, 5.41) is 6.41. The Morgan fingerprint density at radius 2 is 1.41 bits per heavy atom. The van der Waals surface area contributed by atoms with Crippen LogP contribution in [0.15, 0.2) is 48.5 Å². The highest BCUT2D eigenvalue weighted by Crippen LogP contribution is 2.36. The lowest BCUT2D eigenvalue weighted by Crippen LogP contribution is -2.53. The zero-order valence-corrected chi connectivity index (χ0v) is 22.2. The minimum atomic E-state index is -4.92. The van der Waals surface area contributed by atoms with E-state index in [9.17, 15) is 31.1 Å². The Morgan fingerprint density at radius 3 is 1.95 bits per heavy atom. The largest absolute Gasteiger partial charge is 0.416 e. The number of nitrogens with zero attached hydrogens (tertiary/aromatic N) is 3. The summed E-state index contributed by atoms with van der Waals surface area (Å²) in [7, 11) is 5.24. The number of hydrogen-bond acceptors (Lipinski definition) is 5. The van der Waals surface area contributed by atoms with E-state index in [1.807, 2.05) is 44.4 Å². The van der Waals surface area contributed by atoms with Crippen LogP contribution in [0.4, 0.5) is 26.3 Å². The van der Waals surface area contributed by atoms with Crippen molar-refractivity contribution < 1.29 is 31.1 Å². The number of carbonyl (C=O) groups excluding carboxylic acids is 1. The van der Waals surface area contributed by atoms with Crippen LogP contribution in [0.1, 0.15) is 34.7 Å². The molecule has 1 heterocycles. The van der Waals surface area contributed by atoms with Crippen molar-refractivity contribution in [3.8, 4) is 0 Å². The van der Waals surface area contributed by atoms with Crippen LogP contribution in [0.5, 0.6) is 0 Å². The predicted octanol–water partition coefficient (Wildman–Crippen LogP) is 4.20. The zero-order chi connectivity index (χ0) is 28.8. The summed E-state index contributed by atoms with van der Waals surface area (Å²) in [5.41, 5.74) is -2.08. The smallest absolute Gasteiger partial charge is 0.344 e. The summed E-state index contributed by atoms with van der Waals surface area (Å²) in [6.45, 7) is 2.71. The van der Waals surface area contributed by atoms with E-state index in [-0.39, 0.29) is 36.8 Å². The lowest BCUT2D eigenvalue weighted by atomic mass is 10.0. The first-order valence-corrected chi connectivity index (χ1v) is 12.8. The number of likely N-dealkylation sites (N-methyl/N-ethyl adjacent to an activating group) is 1. The number of carbonyl (C=O) groups is 1. The summed E-state index contributed by atoms with van der Waals surface area (Å²) in [4.78, 5) is 19.5. The lowest BCUT2D eigenvalue weighted by Gasteiger charge is -2.34. The van der Waals surface area contributed by atoms with Gasteiger partial charge in [-0.3, -0.25) is 25.2 Å². The van der Waals surface area contributed by atoms with Crippen molar-refractivity contribution in [2.75, 3.05) is 53.9 Å². The Balaban J connectivity index is 1.80. The summed E-state index contributed by atoms with van der Waals surface area (Å²) in [5.74, 6) is -0.267. The molecule has 0 bridgehead atoms. The monoisotopic (exact) mass is 559 g/mol. The molecule has 3 rings (SSSR count). The van der Waals surface area contributed by atoms with Crippen molar-refractivity contribution in [2.24, 2.45) is 0 Å². The zero-order valence-electron chi connectivity index (χ0n) is 22.2. The Kier molecular flexibility index (Phi) is 10.4. The summed E-state index contributed by atoms with van der Waals surface area (Å²) >= 11 is 0. The number of benzene rings is 2. The van der Waals surface area contributed by atoms with Crippen molar-refractivity contribution >= 4 is 5.91 Å². The predicted molar refractivity (Wildman–Crippen MR) is 137 cm³/mol. The Morgan fingerprint density at radius 1 is 0.872 bits per heavy atom. The summed E-state index contributed by atoms with van der Waals surface area (Å²) < 4.78 is 79.6. The maximum atomic E-state index is 13.7. The molecule has 1 aliphatic rings. The molecule has 0 aromatic heterocycles. The maximum Gasteiger partial charge on any atom is 0.416 e. The van der Waals surface area contributed by atoms with E-state index in [1.54, 1.807) is 0 Å². The molecule has 0 spiro atoms. The topological polar surface area (TPSA) is 50.9 Å². The third kappa shape index (κ3) is 8.17. The second kappa shape index (κ2) is 13.1. The van der Waals surface area contributed by atoms with E-state index in [1.165, 1.54) is 11.9 Å². The molecule has 0 aliphatic carbocycles. The molecule has 0 radical (unpaired) electrons. The molecule has 1 atom stereocenters. The van der Waals surface area contributed by atoms with E-state index >= 15 is 0 Å². The SMILES string of the molecule is CNC(NC)N1CCCN(C(C(=O)N(C)CCc2cc(C(F)(F)F)cc(C(F)(F)F)c2)c2ccccc2)CC1. The second-order valence-electron chi connectivity index (χ2n) is 9.64. The van der Waals surface area contributed by atoms with Crippen LogP contribution in [0.3, 0.4) is 0 Å². The number of rotatable bonds is 9. The fraction of sp³-hybridized carbons (Fsp3) is 0.519. The van der Waals surface area contributed by atoms with Gasteiger partial charge in [-0.2, -0.15) is 26.3 Å². The van der Waals surface area contributed by atoms with E-state index in [0.717, 1.165) is 18.5 Å². The molecule has 1 saturated heterocycles. The normalized spacial score (nSPS) is 16.8. The van der Waals surface area contributed by atoms with Gasteiger partial charge in [-0.15, -0.1) is 0 Å². The van der Waals surface area contributed by atoms with Crippen molar-refractivity contribution in [3.63, 3.8) is 0 Å². The maximum absolute atomic E-state index is 13.7. The first-order chi connectivity index (χ1) is 18.3. The van der Waals surface area contributed by atoms with Crippen molar-refractivity contribution in [3.05, 3.63) is 70.8 Å². The van der Waals surface area contributed by atoms with E-state index < -0.39 is 29.5 Å². The number of hydrogen-bond donors (Lipinski definition) is 2. The molecule has 0 saturated carbocycles. The van der Waals surface area contributed by atoms with Gasteiger partial charge >= 0.3 is 12.4 Å². The van der Waals surface area contributed by atoms with Crippen LogP contribution >= 0.6 is 0 Å². The molecule has 216 valence electrons. The van der Waals surface area contributed by atoms with Crippen LogP contribution in [0.25, 0.3) is 0 Å². The van der Waals surface area contributed by atoms with E-state index in [2.05, 4.69) is 20.4 Å². The third-order valence-electron chi connectivity index (χ3n) is 6.95. The standard InChI is InChI=1S/C27H35F6N5O/c1-34-25(35-2)38-12-7-11-37(14-15-38)23(20-8-5-4-6-9-20)24(39)36(3)13-10-19-16-21(26(28,29)30)18-22(17-19)27(31,32)33/h4-6,8-9,16-18,23,25,34-35H,7,10-15H2,1-3H3. The fourth-order valence-electron chi connectivity index (χ4n) is 4.91. The molecule has 2 aromatic carbocycles. The van der Waals surface area contributed by atoms with Crippen molar-refractivity contribution in [2.45, 2.75) is 37.5 Å². The Labute approximate surface area is 224 Å². The lowest BCUT2D eigenvalue weighted by molar-refractivity contribution is -0.143. The van der Waals surface area contributed by atoms with Gasteiger partial charge in [-0.1, -0.05) is 30.3 Å². The molecule has 1 aliphatic heterocycles. The van der Waals surface area contributed by atoms with Gasteiger partial charge in [0.1, 0.15) is 12.3 Å². The van der Waals surface area contributed by atoms with Gasteiger partial charge in [0.15, 0.2) is 0 Å². The molecule has 2 aromatic rings. The third-order valence-corrected chi connectivity index (χ3v) is 6.95. The quantitative estimate of drug-likeness (QED) is 0.357. The molecule has 6 nitrogen and oxygen atoms in total. The number of amides is 1. The van der Waals surface area contributed by atoms with Crippen LogP contribution in [-0.2, 0) is 23.6 Å². The van der Waals surface area contributed by atoms with Gasteiger partial charge in [0.25, 0.3) is 0 Å².